The lowest BCUT2D eigenvalue weighted by molar-refractivity contribution is -0.135. The van der Waals surface area contributed by atoms with Gasteiger partial charge in [-0.3, -0.25) is 9.59 Å². The molecule has 0 heterocycles. The van der Waals surface area contributed by atoms with Gasteiger partial charge in [0, 0.05) is 24.4 Å². The van der Waals surface area contributed by atoms with Gasteiger partial charge in [-0.05, 0) is 25.7 Å². The summed E-state index contributed by atoms with van der Waals surface area (Å²) >= 11 is 0. The van der Waals surface area contributed by atoms with E-state index >= 15 is 0 Å². The van der Waals surface area contributed by atoms with E-state index in [2.05, 4.69) is 13.8 Å². The van der Waals surface area contributed by atoms with E-state index < -0.39 is 11.5 Å². The Balaban J connectivity index is 0. The van der Waals surface area contributed by atoms with Crippen LogP contribution in [0.25, 0.3) is 0 Å². The predicted octanol–water partition coefficient (Wildman–Crippen LogP) is 2.99. The van der Waals surface area contributed by atoms with E-state index in [9.17, 15) is 9.59 Å². The van der Waals surface area contributed by atoms with Crippen molar-refractivity contribution >= 4 is 11.6 Å². The zero-order chi connectivity index (χ0) is 17.2. The highest BCUT2D eigenvalue weighted by molar-refractivity contribution is 5.87. The zero-order valence-electron chi connectivity index (χ0n) is 14.8. The number of hydrogen-bond acceptors (Lipinski definition) is 4. The summed E-state index contributed by atoms with van der Waals surface area (Å²) in [7, 11) is 0. The first-order valence-electron chi connectivity index (χ1n) is 7.81. The molecule has 2 N–H and O–H groups in total. The second kappa shape index (κ2) is 10.9. The van der Waals surface area contributed by atoms with Gasteiger partial charge in [0.15, 0.2) is 5.78 Å². The van der Waals surface area contributed by atoms with Gasteiger partial charge in [-0.1, -0.05) is 41.5 Å². The average Bonchev–Trinajstić information content (AvgIpc) is 2.35. The number of carbonyl (C=O) groups excluding carboxylic acids is 2. The lowest BCUT2D eigenvalue weighted by atomic mass is 9.83. The Morgan fingerprint density at radius 2 is 1.52 bits per heavy atom. The maximum atomic E-state index is 11.2. The lowest BCUT2D eigenvalue weighted by Gasteiger charge is -2.23. The van der Waals surface area contributed by atoms with Crippen molar-refractivity contribution in [2.75, 3.05) is 6.61 Å². The minimum atomic E-state index is -0.934. The molecule has 0 saturated heterocycles. The Morgan fingerprint density at radius 1 is 1.05 bits per heavy atom. The quantitative estimate of drug-likeness (QED) is 0.723. The smallest absolute Gasteiger partial charge is 0.166 e. The number of carbonyl (C=O) groups is 2. The summed E-state index contributed by atoms with van der Waals surface area (Å²) in [4.78, 5) is 22.2. The first kappa shape index (κ1) is 22.5. The third-order valence-corrected chi connectivity index (χ3v) is 3.40. The van der Waals surface area contributed by atoms with Crippen molar-refractivity contribution in [1.29, 1.82) is 0 Å². The van der Waals surface area contributed by atoms with Gasteiger partial charge in [-0.15, -0.1) is 0 Å². The fraction of sp³-hybridized carbons (Fsp3) is 0.882. The van der Waals surface area contributed by atoms with E-state index in [0.717, 1.165) is 12.8 Å². The molecule has 0 fully saturated rings. The highest BCUT2D eigenvalue weighted by Gasteiger charge is 2.29. The summed E-state index contributed by atoms with van der Waals surface area (Å²) in [6.45, 7) is 13.1. The molecule has 126 valence electrons. The molecule has 4 heteroatoms. The van der Waals surface area contributed by atoms with Crippen LogP contribution in [0.5, 0.6) is 0 Å². The van der Waals surface area contributed by atoms with Crippen LogP contribution in [0.4, 0.5) is 0 Å². The van der Waals surface area contributed by atoms with Crippen molar-refractivity contribution in [3.8, 4) is 0 Å². The Hall–Kier alpha value is -0.740. The molecular formula is C17H34O4. The van der Waals surface area contributed by atoms with E-state index in [1.54, 1.807) is 13.8 Å². The van der Waals surface area contributed by atoms with Crippen LogP contribution in [0.15, 0.2) is 0 Å². The summed E-state index contributed by atoms with van der Waals surface area (Å²) < 4.78 is 0. The number of ketones is 2. The lowest BCUT2D eigenvalue weighted by Crippen LogP contribution is -2.33. The Morgan fingerprint density at radius 3 is 1.81 bits per heavy atom. The van der Waals surface area contributed by atoms with Crippen molar-refractivity contribution < 1.29 is 19.8 Å². The molecule has 0 aromatic rings. The summed E-state index contributed by atoms with van der Waals surface area (Å²) in [5, 5.41) is 17.6. The molecule has 0 bridgehead atoms. The van der Waals surface area contributed by atoms with Crippen molar-refractivity contribution in [2.45, 2.75) is 73.8 Å². The summed E-state index contributed by atoms with van der Waals surface area (Å²) in [5.74, 6) is 1.06. The molecule has 0 aliphatic carbocycles. The molecule has 1 atom stereocenters. The van der Waals surface area contributed by atoms with Crippen molar-refractivity contribution in [3.63, 3.8) is 0 Å². The number of Topliss-reactive ketones (excluding diaryl/α,β-unsaturated/α-hetero) is 2. The van der Waals surface area contributed by atoms with Gasteiger partial charge < -0.3 is 10.2 Å². The van der Waals surface area contributed by atoms with Gasteiger partial charge >= 0.3 is 0 Å². The van der Waals surface area contributed by atoms with Crippen LogP contribution in [-0.2, 0) is 9.59 Å². The van der Waals surface area contributed by atoms with Gasteiger partial charge in [0.05, 0.1) is 0 Å². The molecule has 0 aliphatic heterocycles. The number of aliphatic hydroxyl groups excluding tert-OH is 2. The van der Waals surface area contributed by atoms with Gasteiger partial charge in [-0.2, -0.15) is 0 Å². The molecule has 0 spiro atoms. The molecule has 1 unspecified atom stereocenters. The van der Waals surface area contributed by atoms with Crippen molar-refractivity contribution in [1.82, 2.24) is 0 Å². The third-order valence-electron chi connectivity index (χ3n) is 3.40. The van der Waals surface area contributed by atoms with Crippen LogP contribution in [0, 0.1) is 17.3 Å². The van der Waals surface area contributed by atoms with Crippen LogP contribution in [0.3, 0.4) is 0 Å². The van der Waals surface area contributed by atoms with E-state index in [0.29, 0.717) is 18.1 Å². The Labute approximate surface area is 129 Å². The molecular weight excluding hydrogens is 268 g/mol. The summed E-state index contributed by atoms with van der Waals surface area (Å²) in [5.41, 5.74) is -0.608. The first-order chi connectivity index (χ1) is 9.45. The van der Waals surface area contributed by atoms with Crippen molar-refractivity contribution in [3.05, 3.63) is 0 Å². The highest BCUT2D eigenvalue weighted by Crippen LogP contribution is 2.22. The SMILES string of the molecule is CC(C)CCC(=O)C(C)C.CC(O)C(=O)C(C)(C)CCO. The van der Waals surface area contributed by atoms with E-state index in [1.165, 1.54) is 6.92 Å². The fourth-order valence-corrected chi connectivity index (χ4v) is 1.69. The normalized spacial score (nSPS) is 12.9. The molecule has 0 rings (SSSR count). The number of rotatable bonds is 8. The molecule has 0 aliphatic rings. The van der Waals surface area contributed by atoms with Gasteiger partial charge in [0.1, 0.15) is 11.9 Å². The maximum Gasteiger partial charge on any atom is 0.166 e. The van der Waals surface area contributed by atoms with Gasteiger partial charge in [0.2, 0.25) is 0 Å². The second-order valence-corrected chi connectivity index (χ2v) is 6.95. The fourth-order valence-electron chi connectivity index (χ4n) is 1.69. The molecule has 0 aromatic heterocycles. The van der Waals surface area contributed by atoms with Gasteiger partial charge in [-0.25, -0.2) is 0 Å². The molecule has 0 aromatic carbocycles. The highest BCUT2D eigenvalue weighted by atomic mass is 16.3. The predicted molar refractivity (Wildman–Crippen MR) is 86.1 cm³/mol. The maximum absolute atomic E-state index is 11.2. The summed E-state index contributed by atoms with van der Waals surface area (Å²) in [6, 6.07) is 0. The van der Waals surface area contributed by atoms with E-state index in [-0.39, 0.29) is 18.3 Å². The van der Waals surface area contributed by atoms with Crippen LogP contribution < -0.4 is 0 Å². The Kier molecular flexibility index (Phi) is 11.7. The minimum absolute atomic E-state index is 0.0224. The standard InChI is InChI=1S/C9H18O.C8H16O3/c1-7(2)5-6-9(10)8(3)4;1-6(10)7(11)8(2,3)4-5-9/h7-8H,5-6H2,1-4H3;6,9-10H,4-5H2,1-3H3. The molecule has 0 saturated carbocycles. The first-order valence-corrected chi connectivity index (χ1v) is 7.81. The summed E-state index contributed by atoms with van der Waals surface area (Å²) in [6.07, 6.45) is 1.26. The number of aliphatic hydroxyl groups is 2. The van der Waals surface area contributed by atoms with Crippen LogP contribution >= 0.6 is 0 Å². The van der Waals surface area contributed by atoms with E-state index in [1.807, 2.05) is 13.8 Å². The molecule has 0 radical (unpaired) electrons. The molecule has 4 nitrogen and oxygen atoms in total. The van der Waals surface area contributed by atoms with Crippen LogP contribution in [0.1, 0.15) is 67.7 Å². The monoisotopic (exact) mass is 302 g/mol. The van der Waals surface area contributed by atoms with E-state index in [4.69, 9.17) is 10.2 Å². The minimum Gasteiger partial charge on any atom is -0.396 e. The Bertz CT molecular complexity index is 304. The van der Waals surface area contributed by atoms with Crippen LogP contribution in [0.2, 0.25) is 0 Å². The topological polar surface area (TPSA) is 74.6 Å². The molecule has 21 heavy (non-hydrogen) atoms. The third kappa shape index (κ3) is 11.6. The van der Waals surface area contributed by atoms with Crippen molar-refractivity contribution in [2.24, 2.45) is 17.3 Å². The largest absolute Gasteiger partial charge is 0.396 e. The number of hydrogen-bond donors (Lipinski definition) is 2. The molecule has 0 amide bonds. The average molecular weight is 302 g/mol. The van der Waals surface area contributed by atoms with Crippen LogP contribution in [-0.4, -0.2) is 34.5 Å². The second-order valence-electron chi connectivity index (χ2n) is 6.95. The van der Waals surface area contributed by atoms with Gasteiger partial charge in [0.25, 0.3) is 0 Å². The zero-order valence-corrected chi connectivity index (χ0v) is 14.8.